The highest BCUT2D eigenvalue weighted by atomic mass is 15.3. The highest BCUT2D eigenvalue weighted by molar-refractivity contribution is 4.99. The summed E-state index contributed by atoms with van der Waals surface area (Å²) in [4.78, 5) is 2.47. The summed E-state index contributed by atoms with van der Waals surface area (Å²) in [7, 11) is 1.96. The summed E-state index contributed by atoms with van der Waals surface area (Å²) in [5, 5.41) is 7.78. The lowest BCUT2D eigenvalue weighted by molar-refractivity contribution is 0.163. The first-order valence-corrected chi connectivity index (χ1v) is 5.19. The maximum absolute atomic E-state index is 4.39. The summed E-state index contributed by atoms with van der Waals surface area (Å²) in [6.07, 6.45) is 2.00. The molecule has 1 atom stereocenters. The van der Waals surface area contributed by atoms with Crippen LogP contribution in [0.2, 0.25) is 0 Å². The van der Waals surface area contributed by atoms with E-state index in [1.54, 1.807) is 0 Å². The lowest BCUT2D eigenvalue weighted by Crippen LogP contribution is -2.49. The molecule has 1 fully saturated rings. The van der Waals surface area contributed by atoms with Crippen molar-refractivity contribution in [3.05, 3.63) is 18.0 Å². The monoisotopic (exact) mass is 194 g/mol. The summed E-state index contributed by atoms with van der Waals surface area (Å²) in [5.74, 6) is 0. The molecular weight excluding hydrogens is 176 g/mol. The fourth-order valence-electron chi connectivity index (χ4n) is 1.87. The van der Waals surface area contributed by atoms with Gasteiger partial charge in [-0.25, -0.2) is 0 Å². The Morgan fingerprint density at radius 1 is 1.64 bits per heavy atom. The lowest BCUT2D eigenvalue weighted by atomic mass is 10.2. The highest BCUT2D eigenvalue weighted by Gasteiger charge is 2.18. The Labute approximate surface area is 84.9 Å². The Kier molecular flexibility index (Phi) is 2.84. The second-order valence-electron chi connectivity index (χ2n) is 4.00. The third-order valence-electron chi connectivity index (χ3n) is 2.77. The molecule has 0 aliphatic carbocycles. The molecule has 0 aromatic carbocycles. The van der Waals surface area contributed by atoms with Gasteiger partial charge in [0.05, 0.1) is 5.69 Å². The molecule has 4 nitrogen and oxygen atoms in total. The van der Waals surface area contributed by atoms with E-state index in [1.807, 2.05) is 17.9 Å². The number of nitrogens with one attached hydrogen (secondary N) is 1. The van der Waals surface area contributed by atoms with Gasteiger partial charge in [-0.1, -0.05) is 0 Å². The summed E-state index contributed by atoms with van der Waals surface area (Å²) in [6, 6.07) is 2.71. The Balaban J connectivity index is 1.95. The average Bonchev–Trinajstić information content (AvgIpc) is 2.56. The molecule has 0 bridgehead atoms. The van der Waals surface area contributed by atoms with Gasteiger partial charge in [-0.2, -0.15) is 5.10 Å². The minimum absolute atomic E-state index is 0.616. The van der Waals surface area contributed by atoms with Gasteiger partial charge in [0.15, 0.2) is 0 Å². The molecule has 1 aromatic heterocycles. The second kappa shape index (κ2) is 4.11. The van der Waals surface area contributed by atoms with Crippen LogP contribution in [0.15, 0.2) is 12.3 Å². The number of hydrogen-bond acceptors (Lipinski definition) is 3. The lowest BCUT2D eigenvalue weighted by Gasteiger charge is -2.33. The van der Waals surface area contributed by atoms with Gasteiger partial charge >= 0.3 is 0 Å². The number of rotatable bonds is 2. The third kappa shape index (κ3) is 2.13. The number of piperazine rings is 1. The largest absolute Gasteiger partial charge is 0.314 e. The van der Waals surface area contributed by atoms with E-state index in [0.717, 1.165) is 26.2 Å². The Hall–Kier alpha value is -0.870. The van der Waals surface area contributed by atoms with Crippen molar-refractivity contribution < 1.29 is 0 Å². The van der Waals surface area contributed by atoms with Crippen molar-refractivity contribution in [2.45, 2.75) is 19.5 Å². The van der Waals surface area contributed by atoms with Crippen LogP contribution in [0.1, 0.15) is 12.6 Å². The van der Waals surface area contributed by atoms with Crippen LogP contribution in [0.25, 0.3) is 0 Å². The van der Waals surface area contributed by atoms with Gasteiger partial charge in [0.25, 0.3) is 0 Å². The van der Waals surface area contributed by atoms with Crippen LogP contribution in [0.5, 0.6) is 0 Å². The number of aromatic nitrogens is 2. The molecule has 2 heterocycles. The van der Waals surface area contributed by atoms with Crippen LogP contribution in [-0.4, -0.2) is 40.4 Å². The van der Waals surface area contributed by atoms with Crippen LogP contribution in [-0.2, 0) is 13.6 Å². The van der Waals surface area contributed by atoms with E-state index in [-0.39, 0.29) is 0 Å². The Bertz CT molecular complexity index is 294. The predicted molar refractivity (Wildman–Crippen MR) is 55.9 cm³/mol. The zero-order valence-electron chi connectivity index (χ0n) is 8.90. The molecule has 1 unspecified atom stereocenters. The molecule has 0 amide bonds. The smallest absolute Gasteiger partial charge is 0.0764 e. The molecule has 2 rings (SSSR count). The fourth-order valence-corrected chi connectivity index (χ4v) is 1.87. The maximum Gasteiger partial charge on any atom is 0.0764 e. The molecule has 0 saturated carbocycles. The predicted octanol–water partition coefficient (Wildman–Crippen LogP) is 0.214. The molecule has 0 radical (unpaired) electrons. The van der Waals surface area contributed by atoms with E-state index < -0.39 is 0 Å². The molecule has 1 aliphatic heterocycles. The SMILES string of the molecule is CC1CNCCN1Cc1ccn(C)n1. The van der Waals surface area contributed by atoms with Crippen LogP contribution in [0.3, 0.4) is 0 Å². The van der Waals surface area contributed by atoms with E-state index in [9.17, 15) is 0 Å². The van der Waals surface area contributed by atoms with E-state index in [2.05, 4.69) is 28.3 Å². The number of nitrogens with zero attached hydrogens (tertiary/aromatic N) is 3. The van der Waals surface area contributed by atoms with Crippen molar-refractivity contribution in [3.8, 4) is 0 Å². The molecule has 1 aromatic rings. The quantitative estimate of drug-likeness (QED) is 0.731. The molecular formula is C10H18N4. The number of hydrogen-bond donors (Lipinski definition) is 1. The summed E-state index contributed by atoms with van der Waals surface area (Å²) >= 11 is 0. The van der Waals surface area contributed by atoms with Crippen LogP contribution >= 0.6 is 0 Å². The first-order chi connectivity index (χ1) is 6.75. The van der Waals surface area contributed by atoms with Crippen LogP contribution < -0.4 is 5.32 Å². The topological polar surface area (TPSA) is 33.1 Å². The van der Waals surface area contributed by atoms with Crippen LogP contribution in [0, 0.1) is 0 Å². The zero-order chi connectivity index (χ0) is 9.97. The van der Waals surface area contributed by atoms with Gasteiger partial charge in [0.2, 0.25) is 0 Å². The summed E-state index contributed by atoms with van der Waals surface area (Å²) in [6.45, 7) is 6.54. The van der Waals surface area contributed by atoms with Gasteiger partial charge in [-0.15, -0.1) is 0 Å². The zero-order valence-corrected chi connectivity index (χ0v) is 8.90. The average molecular weight is 194 g/mol. The van der Waals surface area contributed by atoms with Gasteiger partial charge in [-0.3, -0.25) is 9.58 Å². The van der Waals surface area contributed by atoms with Crippen LogP contribution in [0.4, 0.5) is 0 Å². The van der Waals surface area contributed by atoms with E-state index >= 15 is 0 Å². The molecule has 1 saturated heterocycles. The molecule has 1 N–H and O–H groups in total. The summed E-state index contributed by atoms with van der Waals surface area (Å²) < 4.78 is 1.86. The van der Waals surface area contributed by atoms with E-state index in [1.165, 1.54) is 5.69 Å². The minimum Gasteiger partial charge on any atom is -0.314 e. The molecule has 4 heteroatoms. The van der Waals surface area contributed by atoms with E-state index in [0.29, 0.717) is 6.04 Å². The Morgan fingerprint density at radius 2 is 2.50 bits per heavy atom. The molecule has 14 heavy (non-hydrogen) atoms. The Morgan fingerprint density at radius 3 is 3.14 bits per heavy atom. The fraction of sp³-hybridized carbons (Fsp3) is 0.700. The second-order valence-corrected chi connectivity index (χ2v) is 4.00. The molecule has 78 valence electrons. The van der Waals surface area contributed by atoms with E-state index in [4.69, 9.17) is 0 Å². The summed E-state index contributed by atoms with van der Waals surface area (Å²) in [5.41, 5.74) is 1.17. The van der Waals surface area contributed by atoms with Crippen molar-refractivity contribution >= 4 is 0 Å². The standard InChI is InChI=1S/C10H18N4/c1-9-7-11-4-6-14(9)8-10-3-5-13(2)12-10/h3,5,9,11H,4,6-8H2,1-2H3. The first kappa shape index (κ1) is 9.68. The third-order valence-corrected chi connectivity index (χ3v) is 2.77. The van der Waals surface area contributed by atoms with Crippen molar-refractivity contribution in [2.24, 2.45) is 7.05 Å². The maximum atomic E-state index is 4.39. The minimum atomic E-state index is 0.616. The van der Waals surface area contributed by atoms with Gasteiger partial charge in [0.1, 0.15) is 0 Å². The van der Waals surface area contributed by atoms with Crippen molar-refractivity contribution in [1.29, 1.82) is 0 Å². The van der Waals surface area contributed by atoms with Crippen molar-refractivity contribution in [2.75, 3.05) is 19.6 Å². The van der Waals surface area contributed by atoms with Gasteiger partial charge in [-0.05, 0) is 13.0 Å². The number of aryl methyl sites for hydroxylation is 1. The first-order valence-electron chi connectivity index (χ1n) is 5.19. The highest BCUT2D eigenvalue weighted by Crippen LogP contribution is 2.07. The van der Waals surface area contributed by atoms with Gasteiger partial charge in [0, 0.05) is 45.5 Å². The van der Waals surface area contributed by atoms with Crippen molar-refractivity contribution in [1.82, 2.24) is 20.0 Å². The van der Waals surface area contributed by atoms with Gasteiger partial charge < -0.3 is 5.32 Å². The molecule has 1 aliphatic rings. The molecule has 0 spiro atoms. The normalized spacial score (nSPS) is 24.0. The van der Waals surface area contributed by atoms with Crippen molar-refractivity contribution in [3.63, 3.8) is 0 Å².